The van der Waals surface area contributed by atoms with E-state index in [-0.39, 0.29) is 13.0 Å². The minimum absolute atomic E-state index is 0.195. The molecular formula is C6H10INO5. The second-order valence-corrected chi connectivity index (χ2v) is 3.15. The smallest absolute Gasteiger partial charge is 0.418 e. The van der Waals surface area contributed by atoms with Gasteiger partial charge < -0.3 is 14.9 Å². The number of hydrogen-bond donors (Lipinski definition) is 2. The third-order valence-electron chi connectivity index (χ3n) is 1.13. The molecule has 0 aromatic carbocycles. The van der Waals surface area contributed by atoms with Crippen LogP contribution >= 0.6 is 22.9 Å². The van der Waals surface area contributed by atoms with Crippen molar-refractivity contribution in [1.82, 2.24) is 3.11 Å². The molecule has 7 heteroatoms. The molecule has 0 saturated carbocycles. The molecule has 0 rings (SSSR count). The summed E-state index contributed by atoms with van der Waals surface area (Å²) in [6.45, 7) is 1.26. The lowest BCUT2D eigenvalue weighted by Crippen LogP contribution is -2.35. The highest BCUT2D eigenvalue weighted by Gasteiger charge is 2.19. The molecule has 0 radical (unpaired) electrons. The average molecular weight is 303 g/mol. The van der Waals surface area contributed by atoms with Crippen LogP contribution in [0.25, 0.3) is 0 Å². The summed E-state index contributed by atoms with van der Waals surface area (Å²) in [5.41, 5.74) is 0. The normalized spacial score (nSPS) is 11.9. The molecule has 1 unspecified atom stereocenters. The summed E-state index contributed by atoms with van der Waals surface area (Å²) in [6.07, 6.45) is -2.42. The van der Waals surface area contributed by atoms with Gasteiger partial charge in [-0.1, -0.05) is 6.92 Å². The highest BCUT2D eigenvalue weighted by molar-refractivity contribution is 14.1. The van der Waals surface area contributed by atoms with Gasteiger partial charge in [0.1, 0.15) is 6.61 Å². The van der Waals surface area contributed by atoms with Crippen LogP contribution in [0.3, 0.4) is 0 Å². The number of esters is 1. The maximum atomic E-state index is 10.6. The minimum Gasteiger partial charge on any atom is -0.464 e. The van der Waals surface area contributed by atoms with E-state index in [0.717, 1.165) is 0 Å². The van der Waals surface area contributed by atoms with Gasteiger partial charge in [-0.25, -0.2) is 7.91 Å². The van der Waals surface area contributed by atoms with Crippen LogP contribution in [0.2, 0.25) is 0 Å². The van der Waals surface area contributed by atoms with Crippen LogP contribution in [-0.2, 0) is 9.53 Å². The number of nitrogens with zero attached hydrogens (tertiary/aromatic N) is 1. The first-order valence-corrected chi connectivity index (χ1v) is 4.47. The van der Waals surface area contributed by atoms with E-state index in [9.17, 15) is 9.59 Å². The highest BCUT2D eigenvalue weighted by Crippen LogP contribution is 2.05. The van der Waals surface area contributed by atoms with Crippen molar-refractivity contribution < 1.29 is 24.5 Å². The Hall–Kier alpha value is -0.570. The highest BCUT2D eigenvalue weighted by atomic mass is 127. The lowest BCUT2D eigenvalue weighted by Gasteiger charge is -2.17. The largest absolute Gasteiger partial charge is 0.464 e. The van der Waals surface area contributed by atoms with Gasteiger partial charge in [-0.3, -0.25) is 4.79 Å². The number of carboxylic acid groups (broad SMARTS) is 1. The maximum absolute atomic E-state index is 10.6. The standard InChI is InChI=1S/C6H10INO5/c1-2-5(10)13-3-4(9)8(7)6(11)12/h4,9H,2-3H2,1H3,(H,11,12). The molecule has 0 bridgehead atoms. The van der Waals surface area contributed by atoms with Crippen molar-refractivity contribution in [1.29, 1.82) is 0 Å². The minimum atomic E-state index is -1.33. The molecular weight excluding hydrogens is 293 g/mol. The predicted molar refractivity (Wildman–Crippen MR) is 51.1 cm³/mol. The van der Waals surface area contributed by atoms with E-state index >= 15 is 0 Å². The first-order valence-electron chi connectivity index (χ1n) is 3.50. The van der Waals surface area contributed by atoms with E-state index in [1.807, 2.05) is 0 Å². The molecule has 2 N–H and O–H groups in total. The summed E-state index contributed by atoms with van der Waals surface area (Å²) in [5.74, 6) is -0.478. The van der Waals surface area contributed by atoms with Crippen molar-refractivity contribution in [3.05, 3.63) is 0 Å². The number of ether oxygens (including phenoxy) is 1. The van der Waals surface area contributed by atoms with Crippen molar-refractivity contribution in [3.63, 3.8) is 0 Å². The monoisotopic (exact) mass is 303 g/mol. The topological polar surface area (TPSA) is 87.1 Å². The molecule has 0 heterocycles. The quantitative estimate of drug-likeness (QED) is 0.343. The Morgan fingerprint density at radius 3 is 2.54 bits per heavy atom. The molecule has 0 aliphatic carbocycles. The molecule has 0 aromatic rings. The van der Waals surface area contributed by atoms with Crippen molar-refractivity contribution in [2.75, 3.05) is 6.61 Å². The zero-order valence-corrected chi connectivity index (χ0v) is 9.09. The predicted octanol–water partition coefficient (Wildman–Crippen LogP) is 0.588. The molecule has 76 valence electrons. The number of aliphatic hydroxyl groups excluding tert-OH is 1. The van der Waals surface area contributed by atoms with Gasteiger partial charge in [-0.2, -0.15) is 0 Å². The van der Waals surface area contributed by atoms with Gasteiger partial charge in [0.2, 0.25) is 0 Å². The Balaban J connectivity index is 3.80. The number of carbonyl (C=O) groups excluding carboxylic acids is 1. The zero-order chi connectivity index (χ0) is 10.4. The van der Waals surface area contributed by atoms with Gasteiger partial charge in [0.05, 0.1) is 22.9 Å². The lowest BCUT2D eigenvalue weighted by atomic mass is 10.5. The Morgan fingerprint density at radius 2 is 2.15 bits per heavy atom. The lowest BCUT2D eigenvalue weighted by molar-refractivity contribution is -0.147. The SMILES string of the molecule is CCC(=O)OCC(O)N(I)C(=O)O. The van der Waals surface area contributed by atoms with Gasteiger partial charge in [-0.05, 0) is 0 Å². The Kier molecular flexibility index (Phi) is 5.71. The van der Waals surface area contributed by atoms with E-state index in [1.54, 1.807) is 6.92 Å². The summed E-state index contributed by atoms with van der Waals surface area (Å²) in [5, 5.41) is 17.5. The van der Waals surface area contributed by atoms with Gasteiger partial charge in [-0.15, -0.1) is 0 Å². The Morgan fingerprint density at radius 1 is 1.62 bits per heavy atom. The van der Waals surface area contributed by atoms with Crippen LogP contribution in [0.4, 0.5) is 4.79 Å². The van der Waals surface area contributed by atoms with Crippen LogP contribution in [0.1, 0.15) is 13.3 Å². The maximum Gasteiger partial charge on any atom is 0.418 e. The Bertz CT molecular complexity index is 197. The number of rotatable bonds is 4. The number of carbonyl (C=O) groups is 2. The molecule has 0 fully saturated rings. The molecule has 0 spiro atoms. The third-order valence-corrected chi connectivity index (χ3v) is 2.18. The summed E-state index contributed by atoms with van der Waals surface area (Å²) >= 11 is 1.41. The summed E-state index contributed by atoms with van der Waals surface area (Å²) in [7, 11) is 0. The molecule has 0 saturated heterocycles. The van der Waals surface area contributed by atoms with Crippen molar-refractivity contribution in [3.8, 4) is 0 Å². The fourth-order valence-electron chi connectivity index (χ4n) is 0.462. The van der Waals surface area contributed by atoms with Gasteiger partial charge >= 0.3 is 12.1 Å². The van der Waals surface area contributed by atoms with E-state index in [2.05, 4.69) is 4.74 Å². The van der Waals surface area contributed by atoms with Crippen LogP contribution < -0.4 is 0 Å². The van der Waals surface area contributed by atoms with Crippen LogP contribution in [0, 0.1) is 0 Å². The second kappa shape index (κ2) is 5.97. The first kappa shape index (κ1) is 12.4. The fourth-order valence-corrected chi connectivity index (χ4v) is 0.623. The van der Waals surface area contributed by atoms with Gasteiger partial charge in [0.15, 0.2) is 6.23 Å². The average Bonchev–Trinajstić information content (AvgIpc) is 2.11. The molecule has 0 aromatic heterocycles. The summed E-state index contributed by atoms with van der Waals surface area (Å²) in [6, 6.07) is 0. The van der Waals surface area contributed by atoms with Crippen molar-refractivity contribution >= 4 is 34.9 Å². The van der Waals surface area contributed by atoms with Crippen LogP contribution in [0.5, 0.6) is 0 Å². The summed E-state index contributed by atoms with van der Waals surface area (Å²) in [4.78, 5) is 20.9. The molecule has 0 aliphatic rings. The van der Waals surface area contributed by atoms with Crippen LogP contribution in [-0.4, -0.2) is 38.2 Å². The van der Waals surface area contributed by atoms with E-state index in [4.69, 9.17) is 10.2 Å². The zero-order valence-electron chi connectivity index (χ0n) is 6.94. The molecule has 6 nitrogen and oxygen atoms in total. The van der Waals surface area contributed by atoms with E-state index < -0.39 is 18.3 Å². The number of halogens is 1. The third kappa shape index (κ3) is 4.88. The molecule has 1 amide bonds. The summed E-state index contributed by atoms with van der Waals surface area (Å²) < 4.78 is 5.15. The molecule has 0 aliphatic heterocycles. The van der Waals surface area contributed by atoms with E-state index in [0.29, 0.717) is 3.11 Å². The first-order chi connectivity index (χ1) is 5.99. The number of aliphatic hydroxyl groups is 1. The molecule has 1 atom stereocenters. The van der Waals surface area contributed by atoms with Crippen molar-refractivity contribution in [2.45, 2.75) is 19.6 Å². The molecule has 13 heavy (non-hydrogen) atoms. The van der Waals surface area contributed by atoms with Gasteiger partial charge in [0, 0.05) is 6.42 Å². The fraction of sp³-hybridized carbons (Fsp3) is 0.667. The number of hydrogen-bond acceptors (Lipinski definition) is 4. The second-order valence-electron chi connectivity index (χ2n) is 2.11. The van der Waals surface area contributed by atoms with Gasteiger partial charge in [0.25, 0.3) is 0 Å². The van der Waals surface area contributed by atoms with Crippen LogP contribution in [0.15, 0.2) is 0 Å². The number of amides is 1. The van der Waals surface area contributed by atoms with E-state index in [1.165, 1.54) is 22.9 Å². The van der Waals surface area contributed by atoms with Crippen molar-refractivity contribution in [2.24, 2.45) is 0 Å². The Labute approximate surface area is 89.0 Å².